The van der Waals surface area contributed by atoms with E-state index in [1.54, 1.807) is 0 Å². The average molecular weight is 250 g/mol. The molecule has 0 saturated heterocycles. The van der Waals surface area contributed by atoms with E-state index in [2.05, 4.69) is 0 Å². The van der Waals surface area contributed by atoms with Gasteiger partial charge in [0, 0.05) is 0 Å². The molecule has 0 aliphatic heterocycles. The molecule has 98 valence electrons. The summed E-state index contributed by atoms with van der Waals surface area (Å²) in [5, 5.41) is 33.7. The van der Waals surface area contributed by atoms with Gasteiger partial charge in [-0.3, -0.25) is 4.39 Å². The summed E-state index contributed by atoms with van der Waals surface area (Å²) >= 11 is 0. The molecule has 4 unspecified atom stereocenters. The van der Waals surface area contributed by atoms with Crippen molar-refractivity contribution >= 4 is 0 Å². The van der Waals surface area contributed by atoms with Crippen LogP contribution < -0.4 is 0 Å². The van der Waals surface area contributed by atoms with E-state index in [9.17, 15) is 17.6 Å². The topological polar surface area (TPSA) is 80.9 Å². The second kappa shape index (κ2) is 6.33. The normalized spacial score (nSPS) is 20.2. The number of aliphatic hydroxyl groups is 4. The summed E-state index contributed by atoms with van der Waals surface area (Å²) in [4.78, 5) is 0. The highest BCUT2D eigenvalue weighted by atomic mass is 19.2. The molecule has 0 radical (unpaired) electrons. The molecule has 4 atom stereocenters. The Morgan fingerprint density at radius 3 is 1.88 bits per heavy atom. The number of alkyl halides is 4. The minimum atomic E-state index is -3.86. The molecule has 0 heterocycles. The van der Waals surface area contributed by atoms with E-state index < -0.39 is 43.7 Å². The highest BCUT2D eigenvalue weighted by molar-refractivity contribution is 4.84. The van der Waals surface area contributed by atoms with Crippen molar-refractivity contribution in [1.82, 2.24) is 0 Å². The number of hydrogen-bond donors (Lipinski definition) is 4. The molecule has 0 aliphatic carbocycles. The van der Waals surface area contributed by atoms with Crippen LogP contribution in [0.25, 0.3) is 0 Å². The molecule has 0 spiro atoms. The van der Waals surface area contributed by atoms with Crippen LogP contribution in [0.15, 0.2) is 0 Å². The van der Waals surface area contributed by atoms with Crippen LogP contribution in [-0.2, 0) is 0 Å². The monoisotopic (exact) mass is 250 g/mol. The minimum absolute atomic E-state index is 0.326. The predicted octanol–water partition coefficient (Wildman–Crippen LogP) is -0.258. The lowest BCUT2D eigenvalue weighted by atomic mass is 10.0. The van der Waals surface area contributed by atoms with Crippen molar-refractivity contribution in [2.75, 3.05) is 6.67 Å². The molecule has 0 aromatic carbocycles. The fourth-order valence-corrected chi connectivity index (χ4v) is 1.02. The lowest BCUT2D eigenvalue weighted by molar-refractivity contribution is -0.365. The molecule has 4 nitrogen and oxygen atoms in total. The Bertz CT molecular complexity index is 199. The zero-order chi connectivity index (χ0) is 12.9. The van der Waals surface area contributed by atoms with Crippen molar-refractivity contribution in [2.24, 2.45) is 0 Å². The Labute approximate surface area is 89.1 Å². The fourth-order valence-electron chi connectivity index (χ4n) is 1.02. The van der Waals surface area contributed by atoms with Crippen LogP contribution in [-0.4, -0.2) is 57.7 Å². The molecule has 16 heavy (non-hydrogen) atoms. The van der Waals surface area contributed by atoms with Gasteiger partial charge in [0.2, 0.25) is 0 Å². The largest absolute Gasteiger partial charge is 0.382 e. The third-order valence-electron chi connectivity index (χ3n) is 1.96. The van der Waals surface area contributed by atoms with Gasteiger partial charge in [0.1, 0.15) is 6.17 Å². The first-order chi connectivity index (χ1) is 7.21. The number of aliphatic hydroxyl groups excluding tert-OH is 1. The summed E-state index contributed by atoms with van der Waals surface area (Å²) in [6.07, 6.45) is -12.2. The van der Waals surface area contributed by atoms with Gasteiger partial charge in [0.25, 0.3) is 0 Å². The van der Waals surface area contributed by atoms with E-state index >= 15 is 0 Å². The predicted molar refractivity (Wildman–Crippen MR) is 45.3 cm³/mol. The van der Waals surface area contributed by atoms with E-state index in [-0.39, 0.29) is 6.42 Å². The molecule has 0 fully saturated rings. The SMILES string of the molecule is OC(C(F)C(F)C(F)CCCF)C(O)(O)O. The van der Waals surface area contributed by atoms with Crippen LogP contribution in [0, 0.1) is 0 Å². The van der Waals surface area contributed by atoms with Gasteiger partial charge in [0.05, 0.1) is 6.67 Å². The maximum absolute atomic E-state index is 12.9. The van der Waals surface area contributed by atoms with E-state index in [1.807, 2.05) is 0 Å². The summed E-state index contributed by atoms with van der Waals surface area (Å²) < 4.78 is 50.3. The van der Waals surface area contributed by atoms with Crippen LogP contribution in [0.1, 0.15) is 12.8 Å². The van der Waals surface area contributed by atoms with E-state index in [0.717, 1.165) is 0 Å². The van der Waals surface area contributed by atoms with Gasteiger partial charge < -0.3 is 20.4 Å². The second-order valence-electron chi connectivity index (χ2n) is 3.37. The summed E-state index contributed by atoms with van der Waals surface area (Å²) in [7, 11) is 0. The maximum Gasteiger partial charge on any atom is 0.306 e. The van der Waals surface area contributed by atoms with Gasteiger partial charge in [-0.2, -0.15) is 0 Å². The second-order valence-corrected chi connectivity index (χ2v) is 3.37. The maximum atomic E-state index is 12.9. The highest BCUT2D eigenvalue weighted by Crippen LogP contribution is 2.22. The standard InChI is InChI=1S/C8H14F4O4/c9-3-1-2-4(10)5(11)6(12)7(13)8(14,15)16/h4-7,13-16H,1-3H2. The summed E-state index contributed by atoms with van der Waals surface area (Å²) in [6.45, 7) is -0.906. The lowest BCUT2D eigenvalue weighted by Crippen LogP contribution is -2.52. The molecule has 0 saturated carbocycles. The first-order valence-electron chi connectivity index (χ1n) is 4.55. The Hall–Kier alpha value is -0.440. The van der Waals surface area contributed by atoms with Gasteiger partial charge in [-0.25, -0.2) is 13.2 Å². The molecule has 0 aliphatic rings. The Kier molecular flexibility index (Phi) is 6.16. The number of hydrogen-bond acceptors (Lipinski definition) is 4. The van der Waals surface area contributed by atoms with Gasteiger partial charge in [-0.1, -0.05) is 0 Å². The van der Waals surface area contributed by atoms with Crippen molar-refractivity contribution in [3.63, 3.8) is 0 Å². The van der Waals surface area contributed by atoms with Gasteiger partial charge in [0.15, 0.2) is 18.4 Å². The first kappa shape index (κ1) is 15.6. The van der Waals surface area contributed by atoms with Crippen LogP contribution >= 0.6 is 0 Å². The zero-order valence-corrected chi connectivity index (χ0v) is 8.23. The molecule has 8 heteroatoms. The van der Waals surface area contributed by atoms with Crippen molar-refractivity contribution in [3.05, 3.63) is 0 Å². The molecule has 0 amide bonds. The molecule has 0 aromatic rings. The zero-order valence-electron chi connectivity index (χ0n) is 8.23. The van der Waals surface area contributed by atoms with Crippen LogP contribution in [0.5, 0.6) is 0 Å². The van der Waals surface area contributed by atoms with Gasteiger partial charge in [-0.05, 0) is 12.8 Å². The number of rotatable bonds is 7. The molecule has 0 bridgehead atoms. The van der Waals surface area contributed by atoms with Crippen LogP contribution in [0.3, 0.4) is 0 Å². The average Bonchev–Trinajstić information content (AvgIpc) is 2.21. The third kappa shape index (κ3) is 4.60. The fraction of sp³-hybridized carbons (Fsp3) is 1.00. The molecule has 0 rings (SSSR count). The molecule has 0 aromatic heterocycles. The minimum Gasteiger partial charge on any atom is -0.382 e. The molecular formula is C8H14F4O4. The highest BCUT2D eigenvalue weighted by Gasteiger charge is 2.44. The van der Waals surface area contributed by atoms with Gasteiger partial charge in [-0.15, -0.1) is 0 Å². The Balaban J connectivity index is 4.31. The quantitative estimate of drug-likeness (QED) is 0.371. The van der Waals surface area contributed by atoms with E-state index in [4.69, 9.17) is 20.4 Å². The third-order valence-corrected chi connectivity index (χ3v) is 1.96. The smallest absolute Gasteiger partial charge is 0.306 e. The van der Waals surface area contributed by atoms with Crippen LogP contribution in [0.4, 0.5) is 17.6 Å². The van der Waals surface area contributed by atoms with Crippen molar-refractivity contribution < 1.29 is 38.0 Å². The lowest BCUT2D eigenvalue weighted by Gasteiger charge is -2.27. The van der Waals surface area contributed by atoms with E-state index in [0.29, 0.717) is 0 Å². The van der Waals surface area contributed by atoms with E-state index in [1.165, 1.54) is 0 Å². The van der Waals surface area contributed by atoms with Crippen molar-refractivity contribution in [3.8, 4) is 0 Å². The first-order valence-corrected chi connectivity index (χ1v) is 4.55. The Morgan fingerprint density at radius 1 is 1.00 bits per heavy atom. The number of halogens is 4. The van der Waals surface area contributed by atoms with Crippen molar-refractivity contribution in [1.29, 1.82) is 0 Å². The summed E-state index contributed by atoms with van der Waals surface area (Å²) in [5.41, 5.74) is 0. The van der Waals surface area contributed by atoms with Crippen LogP contribution in [0.2, 0.25) is 0 Å². The molecule has 4 N–H and O–H groups in total. The summed E-state index contributed by atoms with van der Waals surface area (Å²) in [5.74, 6) is -3.86. The van der Waals surface area contributed by atoms with Crippen molar-refractivity contribution in [2.45, 2.75) is 43.4 Å². The molecular weight excluding hydrogens is 236 g/mol. The summed E-state index contributed by atoms with van der Waals surface area (Å²) in [6, 6.07) is 0. The van der Waals surface area contributed by atoms with Gasteiger partial charge >= 0.3 is 5.97 Å². The Morgan fingerprint density at radius 2 is 1.50 bits per heavy atom.